The van der Waals surface area contributed by atoms with Crippen LogP contribution in [0.15, 0.2) is 54.9 Å². The summed E-state index contributed by atoms with van der Waals surface area (Å²) in [6.07, 6.45) is 5.19. The second-order valence-electron chi connectivity index (χ2n) is 9.69. The highest BCUT2D eigenvalue weighted by molar-refractivity contribution is 5.67. The lowest BCUT2D eigenvalue weighted by atomic mass is 9.70. The van der Waals surface area contributed by atoms with Gasteiger partial charge in [0, 0.05) is 18.0 Å². The van der Waals surface area contributed by atoms with Gasteiger partial charge in [0.2, 0.25) is 0 Å². The van der Waals surface area contributed by atoms with Crippen LogP contribution in [0.5, 0.6) is 0 Å². The van der Waals surface area contributed by atoms with Crippen LogP contribution in [0.4, 0.5) is 0 Å². The minimum Gasteiger partial charge on any atom is -0.299 e. The molecule has 0 N–H and O–H groups in total. The molecule has 0 aliphatic carbocycles. The van der Waals surface area contributed by atoms with E-state index in [0.29, 0.717) is 17.8 Å². The SMILES string of the molecule is CC.CCC(C)(c1ccccc1-c1nccn1-c1c(C(C)C)cccc1C(C)C)C(C)C. The zero-order valence-electron chi connectivity index (χ0n) is 22.0. The molecule has 1 aromatic heterocycles. The molecule has 0 aliphatic rings. The first-order valence-electron chi connectivity index (χ1n) is 12.5. The van der Waals surface area contributed by atoms with Crippen molar-refractivity contribution >= 4 is 0 Å². The molecule has 2 nitrogen and oxygen atoms in total. The summed E-state index contributed by atoms with van der Waals surface area (Å²) in [5.41, 5.74) is 6.79. The molecular formula is C30H44N2. The standard InChI is InChI=1S/C28H38N2.C2H6/c1-9-28(8,21(6)7)25-16-11-10-13-24(25)27-29-17-18-30(27)26-22(19(2)3)14-12-15-23(26)20(4)5;1-2/h10-21H,9H2,1-8H3;1-2H3. The maximum atomic E-state index is 4.89. The Balaban J connectivity index is 0.00000176. The molecule has 2 aromatic carbocycles. The number of nitrogens with zero attached hydrogens (tertiary/aromatic N) is 2. The predicted molar refractivity (Wildman–Crippen MR) is 141 cm³/mol. The van der Waals surface area contributed by atoms with E-state index >= 15 is 0 Å². The third-order valence-corrected chi connectivity index (χ3v) is 7.02. The van der Waals surface area contributed by atoms with Gasteiger partial charge in [-0.05, 0) is 46.3 Å². The van der Waals surface area contributed by atoms with E-state index in [4.69, 9.17) is 4.98 Å². The average Bonchev–Trinajstić information content (AvgIpc) is 3.28. The smallest absolute Gasteiger partial charge is 0.144 e. The number of hydrogen-bond donors (Lipinski definition) is 0. The second kappa shape index (κ2) is 11.0. The van der Waals surface area contributed by atoms with Crippen LogP contribution in [-0.2, 0) is 5.41 Å². The molecule has 0 amide bonds. The van der Waals surface area contributed by atoms with Crippen LogP contribution < -0.4 is 0 Å². The lowest BCUT2D eigenvalue weighted by Crippen LogP contribution is -2.28. The van der Waals surface area contributed by atoms with Crippen molar-refractivity contribution in [1.82, 2.24) is 9.55 Å². The Labute approximate surface area is 197 Å². The molecule has 1 unspecified atom stereocenters. The molecule has 174 valence electrons. The molecule has 3 rings (SSSR count). The minimum atomic E-state index is 0.103. The summed E-state index contributed by atoms with van der Waals surface area (Å²) in [5.74, 6) is 2.48. The van der Waals surface area contributed by atoms with Crippen LogP contribution in [0.2, 0.25) is 0 Å². The molecule has 0 radical (unpaired) electrons. The van der Waals surface area contributed by atoms with Gasteiger partial charge in [-0.1, -0.05) is 112 Å². The van der Waals surface area contributed by atoms with E-state index in [-0.39, 0.29) is 5.41 Å². The summed E-state index contributed by atoms with van der Waals surface area (Å²) < 4.78 is 2.33. The number of hydrogen-bond acceptors (Lipinski definition) is 1. The normalized spacial score (nSPS) is 13.3. The van der Waals surface area contributed by atoms with Gasteiger partial charge in [-0.25, -0.2) is 4.98 Å². The van der Waals surface area contributed by atoms with Gasteiger partial charge in [0.15, 0.2) is 0 Å². The molecule has 2 heteroatoms. The maximum absolute atomic E-state index is 4.89. The van der Waals surface area contributed by atoms with Gasteiger partial charge in [0.1, 0.15) is 5.82 Å². The first-order valence-corrected chi connectivity index (χ1v) is 12.5. The highest BCUT2D eigenvalue weighted by atomic mass is 15.1. The number of aromatic nitrogens is 2. The molecule has 0 fully saturated rings. The summed E-state index contributed by atoms with van der Waals surface area (Å²) in [6, 6.07) is 15.6. The van der Waals surface area contributed by atoms with Gasteiger partial charge < -0.3 is 0 Å². The first-order chi connectivity index (χ1) is 15.2. The second-order valence-corrected chi connectivity index (χ2v) is 9.69. The topological polar surface area (TPSA) is 17.8 Å². The molecule has 0 bridgehead atoms. The van der Waals surface area contributed by atoms with E-state index in [1.807, 2.05) is 20.0 Å². The molecule has 0 saturated heterocycles. The van der Waals surface area contributed by atoms with E-state index in [1.54, 1.807) is 0 Å². The summed E-state index contributed by atoms with van der Waals surface area (Å²) in [7, 11) is 0. The van der Waals surface area contributed by atoms with E-state index in [9.17, 15) is 0 Å². The van der Waals surface area contributed by atoms with Crippen molar-refractivity contribution in [2.24, 2.45) is 5.92 Å². The van der Waals surface area contributed by atoms with Crippen molar-refractivity contribution in [2.45, 2.75) is 92.9 Å². The number of rotatable bonds is 7. The van der Waals surface area contributed by atoms with Crippen molar-refractivity contribution in [1.29, 1.82) is 0 Å². The quantitative estimate of drug-likeness (QED) is 0.364. The average molecular weight is 433 g/mol. The fraction of sp³-hybridized carbons (Fsp3) is 0.500. The molecule has 1 atom stereocenters. The van der Waals surface area contributed by atoms with Crippen LogP contribution in [0, 0.1) is 5.92 Å². The zero-order valence-corrected chi connectivity index (χ0v) is 22.0. The summed E-state index contributed by atoms with van der Waals surface area (Å²) in [4.78, 5) is 4.89. The Kier molecular flexibility index (Phi) is 8.89. The number of benzene rings is 2. The highest BCUT2D eigenvalue weighted by Gasteiger charge is 2.32. The van der Waals surface area contributed by atoms with Gasteiger partial charge in [-0.3, -0.25) is 4.57 Å². The van der Waals surface area contributed by atoms with Gasteiger partial charge in [-0.2, -0.15) is 0 Å². The van der Waals surface area contributed by atoms with Crippen molar-refractivity contribution in [3.8, 4) is 17.1 Å². The fourth-order valence-corrected chi connectivity index (χ4v) is 4.56. The molecule has 0 saturated carbocycles. The van der Waals surface area contributed by atoms with Crippen molar-refractivity contribution < 1.29 is 0 Å². The van der Waals surface area contributed by atoms with Crippen LogP contribution in [0.25, 0.3) is 17.1 Å². The Morgan fingerprint density at radius 3 is 1.91 bits per heavy atom. The van der Waals surface area contributed by atoms with Crippen LogP contribution in [-0.4, -0.2) is 9.55 Å². The summed E-state index contributed by atoms with van der Waals surface area (Å²) in [6.45, 7) is 22.5. The molecule has 0 aliphatic heterocycles. The van der Waals surface area contributed by atoms with Gasteiger partial charge in [0.05, 0.1) is 5.69 Å². The fourth-order valence-electron chi connectivity index (χ4n) is 4.56. The van der Waals surface area contributed by atoms with E-state index in [2.05, 4.69) is 109 Å². The monoisotopic (exact) mass is 432 g/mol. The minimum absolute atomic E-state index is 0.103. The lowest BCUT2D eigenvalue weighted by molar-refractivity contribution is 0.327. The van der Waals surface area contributed by atoms with E-state index in [1.165, 1.54) is 27.9 Å². The molecule has 32 heavy (non-hydrogen) atoms. The van der Waals surface area contributed by atoms with Crippen molar-refractivity contribution in [3.05, 3.63) is 71.5 Å². The van der Waals surface area contributed by atoms with Crippen molar-refractivity contribution in [2.75, 3.05) is 0 Å². The molecule has 1 heterocycles. The van der Waals surface area contributed by atoms with E-state index < -0.39 is 0 Å². The Morgan fingerprint density at radius 2 is 1.41 bits per heavy atom. The van der Waals surface area contributed by atoms with Gasteiger partial charge in [0.25, 0.3) is 0 Å². The highest BCUT2D eigenvalue weighted by Crippen LogP contribution is 2.41. The molecular weight excluding hydrogens is 388 g/mol. The summed E-state index contributed by atoms with van der Waals surface area (Å²) in [5, 5.41) is 0. The maximum Gasteiger partial charge on any atom is 0.144 e. The summed E-state index contributed by atoms with van der Waals surface area (Å²) >= 11 is 0. The zero-order chi connectivity index (χ0) is 24.1. The first kappa shape index (κ1) is 25.9. The Bertz CT molecular complexity index is 967. The van der Waals surface area contributed by atoms with Crippen LogP contribution in [0.1, 0.15) is 104 Å². The Hall–Kier alpha value is -2.35. The molecule has 0 spiro atoms. The molecule has 3 aromatic rings. The number of para-hydroxylation sites is 1. The lowest BCUT2D eigenvalue weighted by Gasteiger charge is -2.35. The largest absolute Gasteiger partial charge is 0.299 e. The van der Waals surface area contributed by atoms with Gasteiger partial charge >= 0.3 is 0 Å². The van der Waals surface area contributed by atoms with Gasteiger partial charge in [-0.15, -0.1) is 0 Å². The Morgan fingerprint density at radius 1 is 0.844 bits per heavy atom. The third-order valence-electron chi connectivity index (χ3n) is 7.02. The third kappa shape index (κ3) is 4.85. The van der Waals surface area contributed by atoms with Crippen LogP contribution >= 0.6 is 0 Å². The predicted octanol–water partition coefficient (Wildman–Crippen LogP) is 9.14. The number of imidazole rings is 1. The van der Waals surface area contributed by atoms with E-state index in [0.717, 1.165) is 12.2 Å². The van der Waals surface area contributed by atoms with Crippen molar-refractivity contribution in [3.63, 3.8) is 0 Å². The van der Waals surface area contributed by atoms with Crippen LogP contribution in [0.3, 0.4) is 0 Å².